The Morgan fingerprint density at radius 1 is 1.33 bits per heavy atom. The number of methoxy groups -OCH3 is 1. The molecule has 0 aliphatic heterocycles. The smallest absolute Gasteiger partial charge is 0.118 e. The Morgan fingerprint density at radius 3 is 2.53 bits per heavy atom. The Balaban J connectivity index is 2.31. The quantitative estimate of drug-likeness (QED) is 0.743. The summed E-state index contributed by atoms with van der Waals surface area (Å²) in [5.74, 6) is 0.876. The van der Waals surface area contributed by atoms with E-state index < -0.39 is 0 Å². The van der Waals surface area contributed by atoms with Crippen molar-refractivity contribution in [1.29, 1.82) is 0 Å². The molecule has 1 unspecified atom stereocenters. The minimum atomic E-state index is -0.358. The van der Waals surface area contributed by atoms with Crippen molar-refractivity contribution >= 4 is 0 Å². The van der Waals surface area contributed by atoms with Crippen LogP contribution in [0.15, 0.2) is 24.3 Å². The minimum absolute atomic E-state index is 0.350. The van der Waals surface area contributed by atoms with Gasteiger partial charge in [0.15, 0.2) is 0 Å². The highest BCUT2D eigenvalue weighted by Gasteiger charge is 2.01. The number of nitrogens with two attached hydrogens (primary N) is 1. The topological polar surface area (TPSA) is 55.5 Å². The molecule has 1 aromatic rings. The van der Waals surface area contributed by atoms with Crippen LogP contribution in [-0.4, -0.2) is 24.9 Å². The van der Waals surface area contributed by atoms with Gasteiger partial charge in [-0.25, -0.2) is 0 Å². The van der Waals surface area contributed by atoms with E-state index in [1.165, 1.54) is 5.56 Å². The first-order chi connectivity index (χ1) is 7.26. The van der Waals surface area contributed by atoms with Crippen molar-refractivity contribution in [1.82, 2.24) is 0 Å². The van der Waals surface area contributed by atoms with Gasteiger partial charge in [0, 0.05) is 6.54 Å². The number of rotatable bonds is 6. The van der Waals surface area contributed by atoms with Gasteiger partial charge >= 0.3 is 0 Å². The van der Waals surface area contributed by atoms with E-state index in [-0.39, 0.29) is 6.10 Å². The predicted molar refractivity (Wildman–Crippen MR) is 61.0 cm³/mol. The first-order valence-electron chi connectivity index (χ1n) is 5.27. The molecule has 3 heteroatoms. The van der Waals surface area contributed by atoms with Gasteiger partial charge in [-0.15, -0.1) is 0 Å². The number of hydrogen-bond acceptors (Lipinski definition) is 3. The molecule has 15 heavy (non-hydrogen) atoms. The molecule has 1 atom stereocenters. The SMILES string of the molecule is COc1ccc(CCCC(O)CN)cc1. The van der Waals surface area contributed by atoms with E-state index in [4.69, 9.17) is 10.5 Å². The van der Waals surface area contributed by atoms with Crippen molar-refractivity contribution < 1.29 is 9.84 Å². The molecule has 3 N–H and O–H groups in total. The van der Waals surface area contributed by atoms with Gasteiger partial charge in [0.25, 0.3) is 0 Å². The second-order valence-corrected chi connectivity index (χ2v) is 3.63. The van der Waals surface area contributed by atoms with Crippen molar-refractivity contribution in [3.63, 3.8) is 0 Å². The number of aryl methyl sites for hydroxylation is 1. The van der Waals surface area contributed by atoms with Crippen LogP contribution in [0.1, 0.15) is 18.4 Å². The second-order valence-electron chi connectivity index (χ2n) is 3.63. The lowest BCUT2D eigenvalue weighted by Gasteiger charge is -2.07. The molecule has 0 saturated carbocycles. The van der Waals surface area contributed by atoms with Gasteiger partial charge in [0.1, 0.15) is 5.75 Å². The van der Waals surface area contributed by atoms with Gasteiger partial charge in [0.05, 0.1) is 13.2 Å². The normalized spacial score (nSPS) is 12.5. The Bertz CT molecular complexity index is 271. The summed E-state index contributed by atoms with van der Waals surface area (Å²) < 4.78 is 5.07. The van der Waals surface area contributed by atoms with Gasteiger partial charge < -0.3 is 15.6 Å². The minimum Gasteiger partial charge on any atom is -0.497 e. The third kappa shape index (κ3) is 4.32. The van der Waals surface area contributed by atoms with Crippen molar-refractivity contribution in [3.8, 4) is 5.75 Å². The highest BCUT2D eigenvalue weighted by molar-refractivity contribution is 5.27. The summed E-state index contributed by atoms with van der Waals surface area (Å²) in [7, 11) is 1.66. The maximum absolute atomic E-state index is 9.27. The van der Waals surface area contributed by atoms with Crippen molar-refractivity contribution in [2.75, 3.05) is 13.7 Å². The fraction of sp³-hybridized carbons (Fsp3) is 0.500. The fourth-order valence-electron chi connectivity index (χ4n) is 1.45. The second kappa shape index (κ2) is 6.43. The fourth-order valence-corrected chi connectivity index (χ4v) is 1.45. The van der Waals surface area contributed by atoms with Crippen LogP contribution in [0.25, 0.3) is 0 Å². The third-order valence-corrected chi connectivity index (χ3v) is 2.43. The van der Waals surface area contributed by atoms with E-state index in [1.54, 1.807) is 7.11 Å². The summed E-state index contributed by atoms with van der Waals surface area (Å²) in [6.45, 7) is 0.350. The number of aliphatic hydroxyl groups excluding tert-OH is 1. The zero-order valence-corrected chi connectivity index (χ0v) is 9.15. The molecule has 0 spiro atoms. The van der Waals surface area contributed by atoms with Crippen LogP contribution in [0, 0.1) is 0 Å². The molecule has 1 rings (SSSR count). The molecule has 0 aliphatic carbocycles. The summed E-state index contributed by atoms with van der Waals surface area (Å²) in [6.07, 6.45) is 2.34. The summed E-state index contributed by atoms with van der Waals surface area (Å²) in [6, 6.07) is 8.00. The molecule has 84 valence electrons. The number of aliphatic hydroxyl groups is 1. The summed E-state index contributed by atoms with van der Waals surface area (Å²) in [5.41, 5.74) is 6.59. The highest BCUT2D eigenvalue weighted by atomic mass is 16.5. The van der Waals surface area contributed by atoms with Crippen LogP contribution in [0.3, 0.4) is 0 Å². The number of ether oxygens (including phenoxy) is 1. The largest absolute Gasteiger partial charge is 0.497 e. The van der Waals surface area contributed by atoms with Gasteiger partial charge in [-0.05, 0) is 37.0 Å². The zero-order valence-electron chi connectivity index (χ0n) is 9.15. The molecule has 0 bridgehead atoms. The molecular formula is C12H19NO2. The van der Waals surface area contributed by atoms with E-state index in [1.807, 2.05) is 24.3 Å². The summed E-state index contributed by atoms with van der Waals surface area (Å²) in [5, 5.41) is 9.27. The molecule has 0 saturated heterocycles. The Hall–Kier alpha value is -1.06. The van der Waals surface area contributed by atoms with Gasteiger partial charge in [0.2, 0.25) is 0 Å². The maximum Gasteiger partial charge on any atom is 0.118 e. The first kappa shape index (κ1) is 12.0. The summed E-state index contributed by atoms with van der Waals surface area (Å²) >= 11 is 0. The van der Waals surface area contributed by atoms with Crippen LogP contribution in [0.2, 0.25) is 0 Å². The third-order valence-electron chi connectivity index (χ3n) is 2.43. The number of hydrogen-bond donors (Lipinski definition) is 2. The van der Waals surface area contributed by atoms with Crippen LogP contribution in [-0.2, 0) is 6.42 Å². The molecular weight excluding hydrogens is 190 g/mol. The van der Waals surface area contributed by atoms with Crippen molar-refractivity contribution in [3.05, 3.63) is 29.8 Å². The van der Waals surface area contributed by atoms with Crippen LogP contribution >= 0.6 is 0 Å². The Labute approximate surface area is 90.9 Å². The summed E-state index contributed by atoms with van der Waals surface area (Å²) in [4.78, 5) is 0. The van der Waals surface area contributed by atoms with E-state index in [2.05, 4.69) is 0 Å². The Kier molecular flexibility index (Phi) is 5.15. The highest BCUT2D eigenvalue weighted by Crippen LogP contribution is 2.13. The van der Waals surface area contributed by atoms with Gasteiger partial charge in [-0.3, -0.25) is 0 Å². The molecule has 0 amide bonds. The lowest BCUT2D eigenvalue weighted by atomic mass is 10.1. The molecule has 0 fully saturated rings. The van der Waals surface area contributed by atoms with Gasteiger partial charge in [-0.2, -0.15) is 0 Å². The molecule has 0 radical (unpaired) electrons. The average molecular weight is 209 g/mol. The van der Waals surface area contributed by atoms with E-state index in [9.17, 15) is 5.11 Å². The lowest BCUT2D eigenvalue weighted by molar-refractivity contribution is 0.170. The predicted octanol–water partition coefficient (Wildman–Crippen LogP) is 1.34. The van der Waals surface area contributed by atoms with Crippen molar-refractivity contribution in [2.24, 2.45) is 5.73 Å². The van der Waals surface area contributed by atoms with Crippen LogP contribution in [0.4, 0.5) is 0 Å². The first-order valence-corrected chi connectivity index (χ1v) is 5.27. The van der Waals surface area contributed by atoms with Crippen LogP contribution < -0.4 is 10.5 Å². The molecule has 0 aliphatic rings. The van der Waals surface area contributed by atoms with E-state index in [0.29, 0.717) is 6.54 Å². The Morgan fingerprint density at radius 2 is 2.00 bits per heavy atom. The molecule has 3 nitrogen and oxygen atoms in total. The van der Waals surface area contributed by atoms with E-state index in [0.717, 1.165) is 25.0 Å². The van der Waals surface area contributed by atoms with Crippen molar-refractivity contribution in [2.45, 2.75) is 25.4 Å². The lowest BCUT2D eigenvalue weighted by Crippen LogP contribution is -2.19. The standard InChI is InChI=1S/C12H19NO2/c1-15-12-7-5-10(6-8-12)3-2-4-11(14)9-13/h5-8,11,14H,2-4,9,13H2,1H3. The van der Waals surface area contributed by atoms with Crippen LogP contribution in [0.5, 0.6) is 5.75 Å². The van der Waals surface area contributed by atoms with Gasteiger partial charge in [-0.1, -0.05) is 12.1 Å². The molecule has 1 aromatic carbocycles. The number of benzene rings is 1. The molecule has 0 aromatic heterocycles. The zero-order chi connectivity index (χ0) is 11.1. The molecule has 0 heterocycles. The average Bonchev–Trinajstić information content (AvgIpc) is 2.29. The van der Waals surface area contributed by atoms with E-state index >= 15 is 0 Å². The maximum atomic E-state index is 9.27. The monoisotopic (exact) mass is 209 g/mol.